The summed E-state index contributed by atoms with van der Waals surface area (Å²) >= 11 is 0. The van der Waals surface area contributed by atoms with Crippen molar-refractivity contribution in [3.8, 4) is 11.4 Å². The lowest BCUT2D eigenvalue weighted by atomic mass is 10.3. The van der Waals surface area contributed by atoms with Crippen LogP contribution in [0.3, 0.4) is 0 Å². The summed E-state index contributed by atoms with van der Waals surface area (Å²) in [6.45, 7) is 0.420. The molecule has 0 fully saturated rings. The van der Waals surface area contributed by atoms with Crippen molar-refractivity contribution in [1.29, 1.82) is 0 Å². The number of pyridine rings is 1. The maximum absolute atomic E-state index is 12.7. The van der Waals surface area contributed by atoms with E-state index in [9.17, 15) is 4.79 Å². The van der Waals surface area contributed by atoms with Gasteiger partial charge in [0.05, 0.1) is 25.5 Å². The molecule has 0 spiro atoms. The van der Waals surface area contributed by atoms with Crippen molar-refractivity contribution in [2.24, 2.45) is 0 Å². The number of hydrogen-bond donors (Lipinski definition) is 0. The Morgan fingerprint density at radius 3 is 2.68 bits per heavy atom. The molecule has 0 amide bonds. The van der Waals surface area contributed by atoms with Gasteiger partial charge in [0.1, 0.15) is 17.5 Å². The van der Waals surface area contributed by atoms with Gasteiger partial charge in [0, 0.05) is 12.4 Å². The largest absolute Gasteiger partial charge is 0.497 e. The summed E-state index contributed by atoms with van der Waals surface area (Å²) in [6.07, 6.45) is 6.53. The number of methoxy groups -OCH3 is 1. The monoisotopic (exact) mass is 333 g/mol. The summed E-state index contributed by atoms with van der Waals surface area (Å²) in [7, 11) is 1.62. The van der Waals surface area contributed by atoms with Gasteiger partial charge < -0.3 is 4.74 Å². The molecule has 0 saturated heterocycles. The highest BCUT2D eigenvalue weighted by Crippen LogP contribution is 2.17. The molecule has 1 aromatic carbocycles. The first-order valence-electron chi connectivity index (χ1n) is 7.73. The minimum absolute atomic E-state index is 0.131. The second-order valence-electron chi connectivity index (χ2n) is 5.53. The van der Waals surface area contributed by atoms with Crippen molar-refractivity contribution >= 4 is 11.0 Å². The molecule has 0 saturated carbocycles. The van der Waals surface area contributed by atoms with Crippen LogP contribution in [0.2, 0.25) is 0 Å². The molecule has 7 nitrogen and oxygen atoms in total. The fourth-order valence-electron chi connectivity index (χ4n) is 2.66. The van der Waals surface area contributed by atoms with Gasteiger partial charge in [-0.2, -0.15) is 5.10 Å². The molecule has 3 heterocycles. The van der Waals surface area contributed by atoms with E-state index in [0.29, 0.717) is 17.6 Å². The Hall–Kier alpha value is -3.48. The quantitative estimate of drug-likeness (QED) is 0.571. The van der Waals surface area contributed by atoms with E-state index in [1.807, 2.05) is 36.4 Å². The van der Waals surface area contributed by atoms with Gasteiger partial charge >= 0.3 is 0 Å². The molecular weight excluding hydrogens is 318 g/mol. The summed E-state index contributed by atoms with van der Waals surface area (Å²) in [5.41, 5.74) is 2.15. The van der Waals surface area contributed by atoms with E-state index >= 15 is 0 Å². The SMILES string of the molecule is COc1ccc(-n2ncc3c(=O)n(Cc4cccnc4)cnc32)cc1. The Balaban J connectivity index is 1.75. The first-order chi connectivity index (χ1) is 12.3. The van der Waals surface area contributed by atoms with Gasteiger partial charge in [-0.1, -0.05) is 6.07 Å². The summed E-state index contributed by atoms with van der Waals surface area (Å²) in [5.74, 6) is 0.756. The molecule has 0 atom stereocenters. The lowest BCUT2D eigenvalue weighted by molar-refractivity contribution is 0.414. The molecule has 0 aliphatic heterocycles. The van der Waals surface area contributed by atoms with Gasteiger partial charge in [-0.15, -0.1) is 0 Å². The zero-order valence-corrected chi connectivity index (χ0v) is 13.5. The van der Waals surface area contributed by atoms with Gasteiger partial charge in [0.2, 0.25) is 0 Å². The number of aromatic nitrogens is 5. The molecule has 0 N–H and O–H groups in total. The number of benzene rings is 1. The van der Waals surface area contributed by atoms with Crippen molar-refractivity contribution in [3.05, 3.63) is 77.2 Å². The lowest BCUT2D eigenvalue weighted by Crippen LogP contribution is -2.21. The Labute approximate surface area is 143 Å². The van der Waals surface area contributed by atoms with Crippen LogP contribution < -0.4 is 10.3 Å². The fraction of sp³-hybridized carbons (Fsp3) is 0.111. The molecule has 4 rings (SSSR count). The number of hydrogen-bond acceptors (Lipinski definition) is 5. The maximum Gasteiger partial charge on any atom is 0.264 e. The third kappa shape index (κ3) is 2.76. The van der Waals surface area contributed by atoms with Gasteiger partial charge in [-0.3, -0.25) is 14.3 Å². The molecule has 3 aromatic heterocycles. The summed E-state index contributed by atoms with van der Waals surface area (Å²) in [6, 6.07) is 11.2. The van der Waals surface area contributed by atoms with Gasteiger partial charge in [0.15, 0.2) is 5.65 Å². The summed E-state index contributed by atoms with van der Waals surface area (Å²) < 4.78 is 8.36. The number of fused-ring (bicyclic) bond motifs is 1. The molecule has 4 aromatic rings. The Kier molecular flexibility index (Phi) is 3.74. The maximum atomic E-state index is 12.7. The van der Waals surface area contributed by atoms with Crippen molar-refractivity contribution < 1.29 is 4.74 Å². The minimum atomic E-state index is -0.131. The predicted molar refractivity (Wildman–Crippen MR) is 93.0 cm³/mol. The topological polar surface area (TPSA) is 74.8 Å². The fourth-order valence-corrected chi connectivity index (χ4v) is 2.66. The molecule has 0 bridgehead atoms. The highest BCUT2D eigenvalue weighted by Gasteiger charge is 2.11. The van der Waals surface area contributed by atoms with Gasteiger partial charge in [0.25, 0.3) is 5.56 Å². The van der Waals surface area contributed by atoms with E-state index in [4.69, 9.17) is 4.74 Å². The Morgan fingerprint density at radius 2 is 1.96 bits per heavy atom. The first-order valence-corrected chi connectivity index (χ1v) is 7.73. The second kappa shape index (κ2) is 6.20. The standard InChI is InChI=1S/C18H15N5O2/c1-25-15-6-4-14(5-7-15)23-17-16(10-21-23)18(24)22(12-20-17)11-13-3-2-8-19-9-13/h2-10,12H,11H2,1H3. The third-order valence-electron chi connectivity index (χ3n) is 3.95. The van der Waals surface area contributed by atoms with Crippen molar-refractivity contribution in [3.63, 3.8) is 0 Å². The highest BCUT2D eigenvalue weighted by molar-refractivity contribution is 5.75. The summed E-state index contributed by atoms with van der Waals surface area (Å²) in [5, 5.41) is 4.79. The van der Waals surface area contributed by atoms with Crippen LogP contribution in [-0.2, 0) is 6.54 Å². The van der Waals surface area contributed by atoms with Crippen molar-refractivity contribution in [2.45, 2.75) is 6.54 Å². The Morgan fingerprint density at radius 1 is 1.12 bits per heavy atom. The van der Waals surface area contributed by atoms with Crippen LogP contribution in [0.5, 0.6) is 5.75 Å². The van der Waals surface area contributed by atoms with Crippen LogP contribution in [0.25, 0.3) is 16.7 Å². The first kappa shape index (κ1) is 15.1. The molecule has 0 unspecified atom stereocenters. The number of rotatable bonds is 4. The van der Waals surface area contributed by atoms with E-state index in [0.717, 1.165) is 17.0 Å². The predicted octanol–water partition coefficient (Wildman–Crippen LogP) is 2.03. The van der Waals surface area contributed by atoms with Crippen LogP contribution in [0.1, 0.15) is 5.56 Å². The van der Waals surface area contributed by atoms with E-state index < -0.39 is 0 Å². The van der Waals surface area contributed by atoms with Crippen LogP contribution in [0.15, 0.2) is 66.1 Å². The van der Waals surface area contributed by atoms with Crippen molar-refractivity contribution in [1.82, 2.24) is 24.3 Å². The van der Waals surface area contributed by atoms with Gasteiger partial charge in [-0.25, -0.2) is 9.67 Å². The molecule has 0 aliphatic carbocycles. The molecule has 25 heavy (non-hydrogen) atoms. The average molecular weight is 333 g/mol. The molecule has 7 heteroatoms. The zero-order chi connectivity index (χ0) is 17.2. The van der Waals surface area contributed by atoms with E-state index in [1.165, 1.54) is 0 Å². The van der Waals surface area contributed by atoms with Crippen LogP contribution in [0, 0.1) is 0 Å². The van der Waals surface area contributed by atoms with Crippen LogP contribution >= 0.6 is 0 Å². The Bertz CT molecular complexity index is 1070. The smallest absolute Gasteiger partial charge is 0.264 e. The molecule has 0 radical (unpaired) electrons. The average Bonchev–Trinajstić information content (AvgIpc) is 3.10. The molecular formula is C18H15N5O2. The van der Waals surface area contributed by atoms with Crippen molar-refractivity contribution in [2.75, 3.05) is 7.11 Å². The minimum Gasteiger partial charge on any atom is -0.497 e. The van der Waals surface area contributed by atoms with Crippen LogP contribution in [0.4, 0.5) is 0 Å². The van der Waals surface area contributed by atoms with E-state index in [1.54, 1.807) is 41.3 Å². The highest BCUT2D eigenvalue weighted by atomic mass is 16.5. The third-order valence-corrected chi connectivity index (χ3v) is 3.95. The normalized spacial score (nSPS) is 10.9. The molecule has 0 aliphatic rings. The number of ether oxygens (including phenoxy) is 1. The van der Waals surface area contributed by atoms with E-state index in [2.05, 4.69) is 15.1 Å². The van der Waals surface area contributed by atoms with Gasteiger partial charge in [-0.05, 0) is 35.9 Å². The zero-order valence-electron chi connectivity index (χ0n) is 13.5. The second-order valence-corrected chi connectivity index (χ2v) is 5.53. The molecule has 124 valence electrons. The van der Waals surface area contributed by atoms with E-state index in [-0.39, 0.29) is 5.56 Å². The summed E-state index contributed by atoms with van der Waals surface area (Å²) in [4.78, 5) is 21.2. The number of nitrogens with zero attached hydrogens (tertiary/aromatic N) is 5. The lowest BCUT2D eigenvalue weighted by Gasteiger charge is -2.07. The van der Waals surface area contributed by atoms with Crippen LogP contribution in [-0.4, -0.2) is 31.4 Å².